The van der Waals surface area contributed by atoms with Gasteiger partial charge in [-0.3, -0.25) is 4.79 Å². The highest BCUT2D eigenvalue weighted by Crippen LogP contribution is 2.19. The Morgan fingerprint density at radius 2 is 1.94 bits per heavy atom. The first-order valence-corrected chi connectivity index (χ1v) is 5.52. The number of esters is 1. The second-order valence-corrected chi connectivity index (χ2v) is 4.53. The predicted molar refractivity (Wildman–Crippen MR) is 61.1 cm³/mol. The van der Waals surface area contributed by atoms with E-state index in [1.54, 1.807) is 20.8 Å². The summed E-state index contributed by atoms with van der Waals surface area (Å²) in [6.45, 7) is 6.11. The minimum absolute atomic E-state index is 0.226. The average molecular weight is 247 g/mol. The Morgan fingerprint density at radius 1 is 1.41 bits per heavy atom. The number of aliphatic hydroxyl groups excluding tert-OH is 2. The van der Waals surface area contributed by atoms with Gasteiger partial charge in [-0.2, -0.15) is 0 Å². The summed E-state index contributed by atoms with van der Waals surface area (Å²) in [5, 5.41) is 21.0. The molecule has 6 nitrogen and oxygen atoms in total. The smallest absolute Gasteiger partial charge is 0.328 e. The van der Waals surface area contributed by atoms with E-state index < -0.39 is 29.4 Å². The summed E-state index contributed by atoms with van der Waals surface area (Å²) in [4.78, 5) is 22.8. The summed E-state index contributed by atoms with van der Waals surface area (Å²) in [6.07, 6.45) is -1.38. The fraction of sp³-hybridized carbons (Fsp3) is 0.818. The predicted octanol–water partition coefficient (Wildman–Crippen LogP) is -0.566. The quantitative estimate of drug-likeness (QED) is 0.546. The maximum Gasteiger partial charge on any atom is 0.328 e. The van der Waals surface area contributed by atoms with Crippen molar-refractivity contribution in [3.05, 3.63) is 0 Å². The Morgan fingerprint density at radius 3 is 2.35 bits per heavy atom. The van der Waals surface area contributed by atoms with Crippen LogP contribution in [0.5, 0.6) is 0 Å². The summed E-state index contributed by atoms with van der Waals surface area (Å²) in [6, 6.07) is -0.827. The van der Waals surface area contributed by atoms with E-state index >= 15 is 0 Å². The minimum atomic E-state index is -1.38. The molecule has 100 valence electrons. The summed E-state index contributed by atoms with van der Waals surface area (Å²) in [7, 11) is 0. The molecule has 1 unspecified atom stereocenters. The summed E-state index contributed by atoms with van der Waals surface area (Å²) in [5.41, 5.74) is -0.960. The van der Waals surface area contributed by atoms with Gasteiger partial charge in [0, 0.05) is 5.41 Å². The molecular formula is C11H21NO5. The highest BCUT2D eigenvalue weighted by molar-refractivity contribution is 5.87. The standard InChI is InChI=1S/C11H21NO5/c1-5-17-10(16)7(2)12-9(15)8(14)11(3,4)6-13/h7-8,13-14H,5-6H2,1-4H3,(H,12,15)/t7-,8?/m1/s1. The molecule has 0 spiro atoms. The third kappa shape index (κ3) is 4.70. The largest absolute Gasteiger partial charge is 0.464 e. The van der Waals surface area contributed by atoms with Crippen molar-refractivity contribution in [1.82, 2.24) is 5.32 Å². The van der Waals surface area contributed by atoms with Crippen molar-refractivity contribution in [2.24, 2.45) is 5.41 Å². The zero-order valence-electron chi connectivity index (χ0n) is 10.7. The second kappa shape index (κ2) is 6.56. The van der Waals surface area contributed by atoms with Crippen molar-refractivity contribution < 1.29 is 24.5 Å². The van der Waals surface area contributed by atoms with Crippen LogP contribution in [0, 0.1) is 5.41 Å². The lowest BCUT2D eigenvalue weighted by Crippen LogP contribution is -2.50. The molecule has 0 bridgehead atoms. The van der Waals surface area contributed by atoms with Crippen LogP contribution in [0.25, 0.3) is 0 Å². The van der Waals surface area contributed by atoms with Crippen molar-refractivity contribution in [1.29, 1.82) is 0 Å². The molecule has 0 aliphatic heterocycles. The molecular weight excluding hydrogens is 226 g/mol. The van der Waals surface area contributed by atoms with Gasteiger partial charge in [-0.1, -0.05) is 13.8 Å². The molecule has 0 aromatic carbocycles. The van der Waals surface area contributed by atoms with E-state index in [1.807, 2.05) is 0 Å². The fourth-order valence-electron chi connectivity index (χ4n) is 1.06. The van der Waals surface area contributed by atoms with Crippen molar-refractivity contribution in [3.8, 4) is 0 Å². The van der Waals surface area contributed by atoms with Gasteiger partial charge in [0.15, 0.2) is 0 Å². The third-order valence-electron chi connectivity index (χ3n) is 2.40. The highest BCUT2D eigenvalue weighted by atomic mass is 16.5. The molecule has 6 heteroatoms. The van der Waals surface area contributed by atoms with Gasteiger partial charge in [0.1, 0.15) is 12.1 Å². The van der Waals surface area contributed by atoms with Crippen molar-refractivity contribution in [3.63, 3.8) is 0 Å². The Kier molecular flexibility index (Phi) is 6.12. The molecule has 0 aliphatic rings. The van der Waals surface area contributed by atoms with E-state index in [2.05, 4.69) is 5.32 Å². The first-order valence-electron chi connectivity index (χ1n) is 5.52. The molecule has 17 heavy (non-hydrogen) atoms. The number of nitrogens with one attached hydrogen (secondary N) is 1. The lowest BCUT2D eigenvalue weighted by atomic mass is 9.87. The molecule has 1 amide bonds. The van der Waals surface area contributed by atoms with Gasteiger partial charge in [-0.05, 0) is 13.8 Å². The van der Waals surface area contributed by atoms with E-state index in [0.29, 0.717) is 0 Å². The van der Waals surface area contributed by atoms with Gasteiger partial charge in [-0.15, -0.1) is 0 Å². The van der Waals surface area contributed by atoms with Gasteiger partial charge in [0.2, 0.25) is 5.91 Å². The van der Waals surface area contributed by atoms with Gasteiger partial charge in [-0.25, -0.2) is 4.79 Å². The van der Waals surface area contributed by atoms with Crippen LogP contribution in [0.15, 0.2) is 0 Å². The van der Waals surface area contributed by atoms with Crippen LogP contribution in [-0.2, 0) is 14.3 Å². The number of hydrogen-bond acceptors (Lipinski definition) is 5. The molecule has 0 rings (SSSR count). The van der Waals surface area contributed by atoms with Gasteiger partial charge in [0.25, 0.3) is 0 Å². The number of ether oxygens (including phenoxy) is 1. The number of carbonyl (C=O) groups is 2. The first-order chi connectivity index (χ1) is 7.76. The van der Waals surface area contributed by atoms with E-state index in [9.17, 15) is 14.7 Å². The fourth-order valence-corrected chi connectivity index (χ4v) is 1.06. The van der Waals surface area contributed by atoms with Gasteiger partial charge in [0.05, 0.1) is 13.2 Å². The van der Waals surface area contributed by atoms with Crippen molar-refractivity contribution >= 4 is 11.9 Å². The molecule has 0 saturated carbocycles. The van der Waals surface area contributed by atoms with Crippen molar-refractivity contribution in [2.75, 3.05) is 13.2 Å². The zero-order chi connectivity index (χ0) is 13.6. The molecule has 0 aromatic rings. The minimum Gasteiger partial charge on any atom is -0.464 e. The number of rotatable bonds is 6. The molecule has 0 saturated heterocycles. The van der Waals surface area contributed by atoms with E-state index in [4.69, 9.17) is 9.84 Å². The van der Waals surface area contributed by atoms with Crippen LogP contribution >= 0.6 is 0 Å². The SMILES string of the molecule is CCOC(=O)[C@@H](C)NC(=O)C(O)C(C)(C)CO. The van der Waals surface area contributed by atoms with E-state index in [-0.39, 0.29) is 13.2 Å². The molecule has 0 heterocycles. The molecule has 2 atom stereocenters. The molecule has 0 fully saturated rings. The number of aliphatic hydroxyl groups is 2. The van der Waals surface area contributed by atoms with Crippen LogP contribution in [0.3, 0.4) is 0 Å². The molecule has 3 N–H and O–H groups in total. The zero-order valence-corrected chi connectivity index (χ0v) is 10.7. The Labute approximate surface area is 101 Å². The van der Waals surface area contributed by atoms with Crippen LogP contribution in [0.2, 0.25) is 0 Å². The first kappa shape index (κ1) is 15.9. The molecule has 0 aliphatic carbocycles. The lowest BCUT2D eigenvalue weighted by molar-refractivity contribution is -0.149. The number of amides is 1. The normalized spacial score (nSPS) is 14.9. The topological polar surface area (TPSA) is 95.9 Å². The molecule has 0 radical (unpaired) electrons. The van der Waals surface area contributed by atoms with Crippen LogP contribution in [0.4, 0.5) is 0 Å². The lowest BCUT2D eigenvalue weighted by Gasteiger charge is -2.27. The Balaban J connectivity index is 4.40. The summed E-state index contributed by atoms with van der Waals surface area (Å²) >= 11 is 0. The maximum atomic E-state index is 11.6. The highest BCUT2D eigenvalue weighted by Gasteiger charge is 2.34. The van der Waals surface area contributed by atoms with Crippen LogP contribution in [-0.4, -0.2) is 47.4 Å². The summed E-state index contributed by atoms with van der Waals surface area (Å²) < 4.78 is 4.71. The summed E-state index contributed by atoms with van der Waals surface area (Å²) in [5.74, 6) is -1.26. The van der Waals surface area contributed by atoms with E-state index in [0.717, 1.165) is 0 Å². The van der Waals surface area contributed by atoms with Gasteiger partial charge < -0.3 is 20.3 Å². The Bertz CT molecular complexity index is 277. The maximum absolute atomic E-state index is 11.6. The van der Waals surface area contributed by atoms with Crippen LogP contribution < -0.4 is 5.32 Å². The average Bonchev–Trinajstić information content (AvgIpc) is 2.28. The van der Waals surface area contributed by atoms with Gasteiger partial charge >= 0.3 is 5.97 Å². The second-order valence-electron chi connectivity index (χ2n) is 4.53. The van der Waals surface area contributed by atoms with Crippen LogP contribution in [0.1, 0.15) is 27.7 Å². The number of carbonyl (C=O) groups excluding carboxylic acids is 2. The van der Waals surface area contributed by atoms with E-state index in [1.165, 1.54) is 6.92 Å². The third-order valence-corrected chi connectivity index (χ3v) is 2.40. The van der Waals surface area contributed by atoms with Crippen molar-refractivity contribution in [2.45, 2.75) is 39.8 Å². The Hall–Kier alpha value is -1.14. The monoisotopic (exact) mass is 247 g/mol. The number of hydrogen-bond donors (Lipinski definition) is 3. The molecule has 0 aromatic heterocycles.